The normalized spacial score (nSPS) is 11.3. The van der Waals surface area contributed by atoms with Crippen molar-refractivity contribution in [1.82, 2.24) is 29.3 Å². The molecule has 2 aromatic carbocycles. The van der Waals surface area contributed by atoms with Crippen molar-refractivity contribution in [2.75, 3.05) is 20.6 Å². The topological polar surface area (TPSA) is 102 Å². The third-order valence-corrected chi connectivity index (χ3v) is 8.27. The molecule has 0 aliphatic carbocycles. The van der Waals surface area contributed by atoms with Crippen molar-refractivity contribution in [3.05, 3.63) is 95.2 Å². The molecule has 3 heterocycles. The second-order valence-corrected chi connectivity index (χ2v) is 11.8. The molecule has 234 valence electrons. The highest BCUT2D eigenvalue weighted by molar-refractivity contribution is 6.22. The van der Waals surface area contributed by atoms with Gasteiger partial charge in [-0.2, -0.15) is 0 Å². The maximum Gasteiger partial charge on any atom is 0.328 e. The monoisotopic (exact) mass is 606 g/mol. The number of nitrogens with one attached hydrogen (secondary N) is 1. The molecule has 3 aromatic heterocycles. The maximum absolute atomic E-state index is 14.0. The standard InChI is InChI=1S/C36H42N6O3/c1-5-6-7-8-9-10-11-20-38-35(44)28-13-12-14-32-33(28)29(24-42(32)36(45)40(3)4)34(43)27-17-15-26(16-18-27)23-41-25(2)39-30-22-37-21-19-31(30)41/h12-19,21-22,24H,5-11,20,23H2,1-4H3,(H,38,44). The van der Waals surface area contributed by atoms with Crippen LogP contribution in [0, 0.1) is 6.92 Å². The largest absolute Gasteiger partial charge is 0.352 e. The van der Waals surface area contributed by atoms with E-state index in [1.165, 1.54) is 35.2 Å². The molecular formula is C36H42N6O3. The average Bonchev–Trinajstić information content (AvgIpc) is 3.59. The number of aromatic nitrogens is 4. The third-order valence-electron chi connectivity index (χ3n) is 8.27. The number of fused-ring (bicyclic) bond motifs is 2. The van der Waals surface area contributed by atoms with Gasteiger partial charge in [-0.05, 0) is 37.1 Å². The summed E-state index contributed by atoms with van der Waals surface area (Å²) in [5.41, 5.74) is 4.56. The fourth-order valence-electron chi connectivity index (χ4n) is 5.80. The zero-order valence-corrected chi connectivity index (χ0v) is 26.7. The van der Waals surface area contributed by atoms with Crippen LogP contribution in [0.5, 0.6) is 0 Å². The van der Waals surface area contributed by atoms with E-state index in [1.54, 1.807) is 63.0 Å². The van der Waals surface area contributed by atoms with Crippen LogP contribution < -0.4 is 5.32 Å². The zero-order valence-electron chi connectivity index (χ0n) is 26.7. The number of imidazole rings is 1. The van der Waals surface area contributed by atoms with Gasteiger partial charge in [-0.25, -0.2) is 9.78 Å². The van der Waals surface area contributed by atoms with Gasteiger partial charge in [-0.15, -0.1) is 0 Å². The molecule has 5 aromatic rings. The molecule has 0 saturated heterocycles. The Hall–Kier alpha value is -4.79. The van der Waals surface area contributed by atoms with E-state index >= 15 is 0 Å². The van der Waals surface area contributed by atoms with Gasteiger partial charge in [0.25, 0.3) is 5.91 Å². The van der Waals surface area contributed by atoms with Crippen molar-refractivity contribution < 1.29 is 14.4 Å². The van der Waals surface area contributed by atoms with Crippen LogP contribution in [0.25, 0.3) is 21.9 Å². The van der Waals surface area contributed by atoms with Crippen molar-refractivity contribution in [3.63, 3.8) is 0 Å². The summed E-state index contributed by atoms with van der Waals surface area (Å²) in [6, 6.07) is 14.4. The number of rotatable bonds is 13. The van der Waals surface area contributed by atoms with E-state index < -0.39 is 0 Å². The molecular weight excluding hydrogens is 564 g/mol. The Morgan fingerprint density at radius 3 is 2.33 bits per heavy atom. The number of ketones is 1. The first-order valence-corrected chi connectivity index (χ1v) is 15.8. The molecule has 0 atom stereocenters. The van der Waals surface area contributed by atoms with Crippen molar-refractivity contribution in [3.8, 4) is 0 Å². The van der Waals surface area contributed by atoms with Gasteiger partial charge in [0, 0.05) is 61.7 Å². The summed E-state index contributed by atoms with van der Waals surface area (Å²) < 4.78 is 3.57. The molecule has 0 radical (unpaired) electrons. The molecule has 9 heteroatoms. The van der Waals surface area contributed by atoms with Crippen LogP contribution in [0.3, 0.4) is 0 Å². The average molecular weight is 607 g/mol. The maximum atomic E-state index is 14.0. The Balaban J connectivity index is 1.39. The highest BCUT2D eigenvalue weighted by Crippen LogP contribution is 2.28. The van der Waals surface area contributed by atoms with Crippen LogP contribution in [-0.4, -0.2) is 62.4 Å². The van der Waals surface area contributed by atoms with Crippen molar-refractivity contribution >= 4 is 39.7 Å². The first-order chi connectivity index (χ1) is 21.8. The quantitative estimate of drug-likeness (QED) is 0.115. The Bertz CT molecular complexity index is 1820. The van der Waals surface area contributed by atoms with E-state index in [2.05, 4.69) is 26.8 Å². The van der Waals surface area contributed by atoms with E-state index in [1.807, 2.05) is 25.1 Å². The van der Waals surface area contributed by atoms with Crippen LogP contribution in [0.4, 0.5) is 4.79 Å². The number of unbranched alkanes of at least 4 members (excludes halogenated alkanes) is 6. The number of benzene rings is 2. The summed E-state index contributed by atoms with van der Waals surface area (Å²) in [4.78, 5) is 50.8. The molecule has 9 nitrogen and oxygen atoms in total. The minimum Gasteiger partial charge on any atom is -0.352 e. The van der Waals surface area contributed by atoms with Gasteiger partial charge in [-0.1, -0.05) is 75.8 Å². The summed E-state index contributed by atoms with van der Waals surface area (Å²) in [7, 11) is 3.32. The highest BCUT2D eigenvalue weighted by atomic mass is 16.2. The minimum atomic E-state index is -0.298. The van der Waals surface area contributed by atoms with Crippen LogP contribution in [0.1, 0.15) is 89.5 Å². The lowest BCUT2D eigenvalue weighted by molar-refractivity contribution is 0.0954. The summed E-state index contributed by atoms with van der Waals surface area (Å²) in [6.07, 6.45) is 13.2. The Kier molecular flexibility index (Phi) is 10.1. The lowest BCUT2D eigenvalue weighted by Crippen LogP contribution is -2.27. The van der Waals surface area contributed by atoms with E-state index in [0.717, 1.165) is 41.7 Å². The number of carbonyl (C=O) groups excluding carboxylic acids is 3. The van der Waals surface area contributed by atoms with Gasteiger partial charge >= 0.3 is 6.03 Å². The van der Waals surface area contributed by atoms with Crippen molar-refractivity contribution in [2.24, 2.45) is 0 Å². The number of aryl methyl sites for hydroxylation is 1. The molecule has 5 rings (SSSR count). The van der Waals surface area contributed by atoms with Gasteiger partial charge in [0.15, 0.2) is 5.78 Å². The fraction of sp³-hybridized carbons (Fsp3) is 0.361. The lowest BCUT2D eigenvalue weighted by Gasteiger charge is -2.12. The summed E-state index contributed by atoms with van der Waals surface area (Å²) >= 11 is 0. The molecule has 45 heavy (non-hydrogen) atoms. The Morgan fingerprint density at radius 1 is 0.867 bits per heavy atom. The highest BCUT2D eigenvalue weighted by Gasteiger charge is 2.24. The smallest absolute Gasteiger partial charge is 0.328 e. The van der Waals surface area contributed by atoms with Gasteiger partial charge in [0.1, 0.15) is 11.3 Å². The number of amides is 2. The fourth-order valence-corrected chi connectivity index (χ4v) is 5.80. The summed E-state index contributed by atoms with van der Waals surface area (Å²) in [6.45, 7) is 5.33. The van der Waals surface area contributed by atoms with Gasteiger partial charge in [0.05, 0.1) is 17.2 Å². The van der Waals surface area contributed by atoms with Crippen LogP contribution >= 0.6 is 0 Å². The third kappa shape index (κ3) is 6.98. The second-order valence-electron chi connectivity index (χ2n) is 11.8. The molecule has 0 saturated carbocycles. The van der Waals surface area contributed by atoms with Gasteiger partial charge in [0.2, 0.25) is 0 Å². The molecule has 0 spiro atoms. The summed E-state index contributed by atoms with van der Waals surface area (Å²) in [5, 5.41) is 3.52. The van der Waals surface area contributed by atoms with E-state index in [0.29, 0.717) is 40.7 Å². The first kappa shape index (κ1) is 31.6. The first-order valence-electron chi connectivity index (χ1n) is 15.8. The van der Waals surface area contributed by atoms with Gasteiger partial charge in [-0.3, -0.25) is 19.1 Å². The number of carbonyl (C=O) groups is 3. The number of nitrogens with zero attached hydrogens (tertiary/aromatic N) is 5. The van der Waals surface area contributed by atoms with Crippen LogP contribution in [0.2, 0.25) is 0 Å². The second kappa shape index (κ2) is 14.3. The SMILES string of the molecule is CCCCCCCCCNC(=O)c1cccc2c1c(C(=O)c1ccc(Cn3c(C)nc4cnccc43)cc1)cn2C(=O)N(C)C. The molecule has 1 N–H and O–H groups in total. The van der Waals surface area contributed by atoms with Gasteiger partial charge < -0.3 is 14.8 Å². The number of pyridine rings is 1. The zero-order chi connectivity index (χ0) is 31.9. The predicted octanol–water partition coefficient (Wildman–Crippen LogP) is 6.98. The molecule has 0 bridgehead atoms. The molecule has 0 aliphatic heterocycles. The Labute approximate surface area is 264 Å². The molecule has 0 unspecified atom stereocenters. The van der Waals surface area contributed by atoms with Crippen molar-refractivity contribution in [2.45, 2.75) is 65.3 Å². The van der Waals surface area contributed by atoms with Crippen LogP contribution in [-0.2, 0) is 6.54 Å². The molecule has 0 aliphatic rings. The van der Waals surface area contributed by atoms with E-state index in [9.17, 15) is 14.4 Å². The lowest BCUT2D eigenvalue weighted by atomic mass is 9.98. The number of hydrogen-bond acceptors (Lipinski definition) is 5. The van der Waals surface area contributed by atoms with E-state index in [-0.39, 0.29) is 17.7 Å². The Morgan fingerprint density at radius 2 is 1.60 bits per heavy atom. The summed E-state index contributed by atoms with van der Waals surface area (Å²) in [5.74, 6) is 0.387. The minimum absolute atomic E-state index is 0.246. The molecule has 2 amide bonds. The molecule has 0 fully saturated rings. The van der Waals surface area contributed by atoms with Crippen molar-refractivity contribution in [1.29, 1.82) is 0 Å². The van der Waals surface area contributed by atoms with Crippen LogP contribution in [0.15, 0.2) is 67.1 Å². The van der Waals surface area contributed by atoms with E-state index in [4.69, 9.17) is 0 Å². The predicted molar refractivity (Wildman–Crippen MR) is 178 cm³/mol. The number of hydrogen-bond donors (Lipinski definition) is 1.